The molecule has 0 bridgehead atoms. The van der Waals surface area contributed by atoms with Gasteiger partial charge in [0.15, 0.2) is 0 Å². The molecular formula is C24H20N2O. The number of aromatic nitrogens is 2. The van der Waals surface area contributed by atoms with Crippen molar-refractivity contribution in [2.24, 2.45) is 0 Å². The summed E-state index contributed by atoms with van der Waals surface area (Å²) in [4.78, 5) is 12.4. The van der Waals surface area contributed by atoms with Crippen LogP contribution >= 0.6 is 0 Å². The molecule has 4 rings (SSSR count). The summed E-state index contributed by atoms with van der Waals surface area (Å²) in [7, 11) is 0. The molecule has 0 saturated heterocycles. The molecule has 0 unspecified atom stereocenters. The van der Waals surface area contributed by atoms with Crippen LogP contribution in [0.3, 0.4) is 0 Å². The summed E-state index contributed by atoms with van der Waals surface area (Å²) < 4.78 is 1.54. The van der Waals surface area contributed by atoms with Gasteiger partial charge < -0.3 is 0 Å². The van der Waals surface area contributed by atoms with Crippen molar-refractivity contribution in [3.05, 3.63) is 102 Å². The lowest BCUT2D eigenvalue weighted by atomic mass is 9.96. The van der Waals surface area contributed by atoms with Gasteiger partial charge >= 0.3 is 0 Å². The van der Waals surface area contributed by atoms with Crippen molar-refractivity contribution < 1.29 is 4.79 Å². The Kier molecular flexibility index (Phi) is 4.67. The molecule has 4 aromatic rings. The number of carbonyl (C=O) groups excluding carboxylic acids is 1. The van der Waals surface area contributed by atoms with Gasteiger partial charge in [0.2, 0.25) is 5.91 Å². The lowest BCUT2D eigenvalue weighted by Gasteiger charge is -2.09. The summed E-state index contributed by atoms with van der Waals surface area (Å²) in [5, 5.41) is 4.72. The van der Waals surface area contributed by atoms with Crippen molar-refractivity contribution in [2.45, 2.75) is 13.3 Å². The maximum absolute atomic E-state index is 12.4. The molecule has 1 aromatic heterocycles. The van der Waals surface area contributed by atoms with E-state index in [9.17, 15) is 4.79 Å². The van der Waals surface area contributed by atoms with E-state index in [4.69, 9.17) is 5.10 Å². The molecule has 1 heterocycles. The van der Waals surface area contributed by atoms with Crippen LogP contribution in [-0.4, -0.2) is 15.7 Å². The van der Waals surface area contributed by atoms with Crippen LogP contribution in [0, 0.1) is 0 Å². The molecule has 0 saturated carbocycles. The molecule has 3 aromatic carbocycles. The predicted octanol–water partition coefficient (Wildman–Crippen LogP) is 5.47. The van der Waals surface area contributed by atoms with Crippen LogP contribution < -0.4 is 0 Å². The van der Waals surface area contributed by atoms with Crippen molar-refractivity contribution >= 4 is 5.91 Å². The first-order valence-electron chi connectivity index (χ1n) is 9.01. The number of benzene rings is 3. The molecule has 0 spiro atoms. The van der Waals surface area contributed by atoms with E-state index in [1.54, 1.807) is 6.92 Å². The minimum atomic E-state index is -0.0923. The van der Waals surface area contributed by atoms with Crippen LogP contribution in [0.15, 0.2) is 91.0 Å². The van der Waals surface area contributed by atoms with Crippen LogP contribution in [0.25, 0.3) is 22.4 Å². The van der Waals surface area contributed by atoms with Crippen LogP contribution in [0.1, 0.15) is 23.0 Å². The Morgan fingerprint density at radius 2 is 1.30 bits per heavy atom. The Morgan fingerprint density at radius 3 is 1.85 bits per heavy atom. The van der Waals surface area contributed by atoms with Gasteiger partial charge in [-0.3, -0.25) is 4.79 Å². The van der Waals surface area contributed by atoms with E-state index < -0.39 is 0 Å². The van der Waals surface area contributed by atoms with Crippen LogP contribution in [-0.2, 0) is 6.42 Å². The Morgan fingerprint density at radius 1 is 0.778 bits per heavy atom. The smallest absolute Gasteiger partial charge is 0.244 e. The predicted molar refractivity (Wildman–Crippen MR) is 109 cm³/mol. The van der Waals surface area contributed by atoms with E-state index in [-0.39, 0.29) is 5.91 Å². The minimum Gasteiger partial charge on any atom is -0.273 e. The summed E-state index contributed by atoms with van der Waals surface area (Å²) in [6, 6.07) is 30.4. The summed E-state index contributed by atoms with van der Waals surface area (Å²) >= 11 is 0. The first-order chi connectivity index (χ1) is 13.2. The van der Waals surface area contributed by atoms with Gasteiger partial charge in [0.05, 0.1) is 11.4 Å². The topological polar surface area (TPSA) is 34.9 Å². The average molecular weight is 352 g/mol. The molecule has 27 heavy (non-hydrogen) atoms. The van der Waals surface area contributed by atoms with E-state index in [0.29, 0.717) is 6.42 Å². The van der Waals surface area contributed by atoms with Gasteiger partial charge in [0, 0.05) is 24.5 Å². The molecule has 0 aliphatic heterocycles. The molecule has 0 aliphatic rings. The zero-order valence-electron chi connectivity index (χ0n) is 15.2. The lowest BCUT2D eigenvalue weighted by molar-refractivity contribution is 0.0923. The number of rotatable bonds is 4. The van der Waals surface area contributed by atoms with Gasteiger partial charge in [-0.15, -0.1) is 0 Å². The molecule has 132 valence electrons. The minimum absolute atomic E-state index is 0.0923. The van der Waals surface area contributed by atoms with Gasteiger partial charge in [-0.05, 0) is 11.1 Å². The highest BCUT2D eigenvalue weighted by Crippen LogP contribution is 2.36. The fourth-order valence-corrected chi connectivity index (χ4v) is 3.37. The van der Waals surface area contributed by atoms with Crippen molar-refractivity contribution in [3.63, 3.8) is 0 Å². The van der Waals surface area contributed by atoms with Gasteiger partial charge in [-0.1, -0.05) is 91.0 Å². The largest absolute Gasteiger partial charge is 0.273 e. The third-order valence-corrected chi connectivity index (χ3v) is 4.58. The van der Waals surface area contributed by atoms with E-state index in [0.717, 1.165) is 28.1 Å². The highest BCUT2D eigenvalue weighted by Gasteiger charge is 2.22. The maximum atomic E-state index is 12.4. The van der Waals surface area contributed by atoms with Crippen molar-refractivity contribution in [3.8, 4) is 22.4 Å². The molecule has 0 aliphatic carbocycles. The van der Waals surface area contributed by atoms with Crippen molar-refractivity contribution in [2.75, 3.05) is 0 Å². The second-order valence-corrected chi connectivity index (χ2v) is 6.50. The normalized spacial score (nSPS) is 10.7. The Labute approximate surface area is 158 Å². The van der Waals surface area contributed by atoms with E-state index >= 15 is 0 Å². The van der Waals surface area contributed by atoms with Crippen LogP contribution in [0.2, 0.25) is 0 Å². The lowest BCUT2D eigenvalue weighted by Crippen LogP contribution is -2.09. The summed E-state index contributed by atoms with van der Waals surface area (Å²) in [6.45, 7) is 1.56. The first-order valence-corrected chi connectivity index (χ1v) is 9.01. The molecule has 0 radical (unpaired) electrons. The Hall–Kier alpha value is -3.46. The molecule has 0 fully saturated rings. The third kappa shape index (κ3) is 3.44. The van der Waals surface area contributed by atoms with Crippen molar-refractivity contribution in [1.82, 2.24) is 9.78 Å². The summed E-state index contributed by atoms with van der Waals surface area (Å²) in [5.74, 6) is -0.0923. The van der Waals surface area contributed by atoms with Gasteiger partial charge in [-0.2, -0.15) is 9.78 Å². The van der Waals surface area contributed by atoms with Crippen LogP contribution in [0.5, 0.6) is 0 Å². The number of carbonyl (C=O) groups is 1. The highest BCUT2D eigenvalue weighted by atomic mass is 16.2. The summed E-state index contributed by atoms with van der Waals surface area (Å²) in [6.07, 6.45) is 0.672. The fourth-order valence-electron chi connectivity index (χ4n) is 3.37. The average Bonchev–Trinajstić information content (AvgIpc) is 3.09. The number of nitrogens with zero attached hydrogens (tertiary/aromatic N) is 2. The molecule has 0 atom stereocenters. The molecule has 0 amide bonds. The molecule has 3 heteroatoms. The monoisotopic (exact) mass is 352 g/mol. The fraction of sp³-hybridized carbons (Fsp3) is 0.0833. The highest BCUT2D eigenvalue weighted by molar-refractivity contribution is 5.90. The van der Waals surface area contributed by atoms with Crippen molar-refractivity contribution in [1.29, 1.82) is 0 Å². The van der Waals surface area contributed by atoms with Gasteiger partial charge in [-0.25, -0.2) is 0 Å². The standard InChI is InChI=1S/C24H20N2O/c1-18(27)26-24(21-15-9-4-10-16-21)23(20-13-7-3-8-14-20)22(25-26)17-19-11-5-2-6-12-19/h2-16H,17H2,1H3. The SMILES string of the molecule is CC(=O)n1nc(Cc2ccccc2)c(-c2ccccc2)c1-c1ccccc1. The molecule has 0 N–H and O–H groups in total. The first kappa shape index (κ1) is 17.0. The maximum Gasteiger partial charge on any atom is 0.244 e. The zero-order valence-corrected chi connectivity index (χ0v) is 15.2. The van der Waals surface area contributed by atoms with Gasteiger partial charge in [0.1, 0.15) is 0 Å². The number of hydrogen-bond donors (Lipinski definition) is 0. The zero-order chi connectivity index (χ0) is 18.6. The summed E-state index contributed by atoms with van der Waals surface area (Å²) in [5.41, 5.74) is 5.98. The molecule has 3 nitrogen and oxygen atoms in total. The second-order valence-electron chi connectivity index (χ2n) is 6.50. The van der Waals surface area contributed by atoms with E-state index in [1.807, 2.05) is 66.7 Å². The van der Waals surface area contributed by atoms with E-state index in [2.05, 4.69) is 24.3 Å². The van der Waals surface area contributed by atoms with Gasteiger partial charge in [0.25, 0.3) is 0 Å². The number of hydrogen-bond acceptors (Lipinski definition) is 2. The quantitative estimate of drug-likeness (QED) is 0.488. The van der Waals surface area contributed by atoms with Crippen LogP contribution in [0.4, 0.5) is 0 Å². The Balaban J connectivity index is 1.97. The second kappa shape index (κ2) is 7.42. The molecular weight excluding hydrogens is 332 g/mol. The Bertz CT molecular complexity index is 1050. The third-order valence-electron chi connectivity index (χ3n) is 4.58. The van der Waals surface area contributed by atoms with E-state index in [1.165, 1.54) is 10.2 Å².